The molecule has 0 spiro atoms. The van der Waals surface area contributed by atoms with Crippen molar-refractivity contribution in [3.63, 3.8) is 0 Å². The first-order chi connectivity index (χ1) is 10.0. The molecule has 0 bridgehead atoms. The number of halogens is 1. The van der Waals surface area contributed by atoms with Crippen molar-refractivity contribution >= 4 is 15.9 Å². The van der Waals surface area contributed by atoms with Gasteiger partial charge in [-0.15, -0.1) is 0 Å². The quantitative estimate of drug-likeness (QED) is 0.815. The zero-order valence-electron chi connectivity index (χ0n) is 12.6. The van der Waals surface area contributed by atoms with E-state index in [2.05, 4.69) is 40.3 Å². The molecule has 0 aliphatic rings. The van der Waals surface area contributed by atoms with E-state index in [0.717, 1.165) is 40.3 Å². The van der Waals surface area contributed by atoms with Gasteiger partial charge < -0.3 is 14.6 Å². The van der Waals surface area contributed by atoms with Crippen LogP contribution in [-0.4, -0.2) is 11.7 Å². The maximum Gasteiger partial charge on any atom is 0.174 e. The van der Waals surface area contributed by atoms with Gasteiger partial charge in [-0.25, -0.2) is 0 Å². The third-order valence-corrected chi connectivity index (χ3v) is 3.48. The molecular formula is C16H21BrN2O2. The van der Waals surface area contributed by atoms with Crippen molar-refractivity contribution in [3.8, 4) is 5.75 Å². The fraction of sp³-hybridized carbons (Fsp3) is 0.438. The van der Waals surface area contributed by atoms with Crippen LogP contribution in [0.15, 0.2) is 33.3 Å². The van der Waals surface area contributed by atoms with Gasteiger partial charge >= 0.3 is 0 Å². The van der Waals surface area contributed by atoms with Crippen LogP contribution in [0.1, 0.15) is 30.9 Å². The zero-order chi connectivity index (χ0) is 15.2. The van der Waals surface area contributed by atoms with E-state index in [0.29, 0.717) is 12.5 Å². The van der Waals surface area contributed by atoms with E-state index in [1.54, 1.807) is 0 Å². The molecule has 21 heavy (non-hydrogen) atoms. The van der Waals surface area contributed by atoms with Crippen LogP contribution in [0.4, 0.5) is 0 Å². The first-order valence-electron chi connectivity index (χ1n) is 7.08. The van der Waals surface area contributed by atoms with Crippen LogP contribution in [0, 0.1) is 12.8 Å². The average molecular weight is 353 g/mol. The van der Waals surface area contributed by atoms with Crippen LogP contribution in [0.3, 0.4) is 0 Å². The van der Waals surface area contributed by atoms with Crippen LogP contribution in [-0.2, 0) is 13.2 Å². The molecule has 0 atom stereocenters. The van der Waals surface area contributed by atoms with E-state index in [4.69, 9.17) is 9.26 Å². The third-order valence-electron chi connectivity index (χ3n) is 2.99. The van der Waals surface area contributed by atoms with Crippen LogP contribution in [0.5, 0.6) is 5.75 Å². The molecule has 0 saturated carbocycles. The largest absolute Gasteiger partial charge is 0.485 e. The minimum Gasteiger partial charge on any atom is -0.485 e. The van der Waals surface area contributed by atoms with Crippen molar-refractivity contribution in [2.24, 2.45) is 5.92 Å². The second-order valence-electron chi connectivity index (χ2n) is 5.51. The van der Waals surface area contributed by atoms with E-state index >= 15 is 0 Å². The summed E-state index contributed by atoms with van der Waals surface area (Å²) in [5.41, 5.74) is 2.00. The molecule has 0 fully saturated rings. The molecule has 1 aromatic carbocycles. The van der Waals surface area contributed by atoms with E-state index in [-0.39, 0.29) is 0 Å². The van der Waals surface area contributed by atoms with E-state index < -0.39 is 0 Å². The maximum atomic E-state index is 5.78. The van der Waals surface area contributed by atoms with Gasteiger partial charge in [-0.1, -0.05) is 41.0 Å². The number of ether oxygens (including phenoxy) is 1. The summed E-state index contributed by atoms with van der Waals surface area (Å²) in [4.78, 5) is 0. The summed E-state index contributed by atoms with van der Waals surface area (Å²) in [5, 5.41) is 7.37. The molecule has 4 nitrogen and oxygen atoms in total. The van der Waals surface area contributed by atoms with Gasteiger partial charge in [0.1, 0.15) is 12.4 Å². The summed E-state index contributed by atoms with van der Waals surface area (Å²) in [6.45, 7) is 8.44. The highest BCUT2D eigenvalue weighted by Gasteiger charge is 2.07. The number of nitrogens with zero attached hydrogens (tertiary/aromatic N) is 1. The minimum atomic E-state index is 0.383. The van der Waals surface area contributed by atoms with Crippen molar-refractivity contribution in [1.29, 1.82) is 0 Å². The van der Waals surface area contributed by atoms with E-state index in [1.807, 2.05) is 31.2 Å². The van der Waals surface area contributed by atoms with Gasteiger partial charge in [0.05, 0.1) is 5.69 Å². The van der Waals surface area contributed by atoms with Crippen molar-refractivity contribution < 1.29 is 9.26 Å². The van der Waals surface area contributed by atoms with Gasteiger partial charge in [0.25, 0.3) is 0 Å². The molecule has 0 aliphatic heterocycles. The second-order valence-corrected chi connectivity index (χ2v) is 6.42. The third kappa shape index (κ3) is 5.17. The Hall–Kier alpha value is -1.33. The molecule has 0 unspecified atom stereocenters. The van der Waals surface area contributed by atoms with Crippen molar-refractivity contribution in [1.82, 2.24) is 10.5 Å². The lowest BCUT2D eigenvalue weighted by molar-refractivity contribution is 0.247. The summed E-state index contributed by atoms with van der Waals surface area (Å²) >= 11 is 3.44. The number of hydrogen-bond acceptors (Lipinski definition) is 4. The summed E-state index contributed by atoms with van der Waals surface area (Å²) in [6, 6.07) is 7.90. The first kappa shape index (κ1) is 16.0. The molecule has 2 rings (SSSR count). The van der Waals surface area contributed by atoms with Crippen molar-refractivity contribution in [2.45, 2.75) is 33.9 Å². The van der Waals surface area contributed by atoms with E-state index in [1.165, 1.54) is 0 Å². The Bertz CT molecular complexity index is 581. The molecule has 1 aromatic heterocycles. The standard InChI is InChI=1S/C16H21BrN2O2/c1-11(2)8-18-9-14-7-15(21-19-14)10-20-16-6-13(17)5-4-12(16)3/h4-7,11,18H,8-10H2,1-3H3. The van der Waals surface area contributed by atoms with Gasteiger partial charge in [0, 0.05) is 17.1 Å². The normalized spacial score (nSPS) is 11.1. The number of hydrogen-bond donors (Lipinski definition) is 1. The van der Waals surface area contributed by atoms with Crippen LogP contribution in [0.2, 0.25) is 0 Å². The summed E-state index contributed by atoms with van der Waals surface area (Å²) in [5.74, 6) is 2.20. The highest BCUT2D eigenvalue weighted by atomic mass is 79.9. The van der Waals surface area contributed by atoms with Gasteiger partial charge in [0.15, 0.2) is 5.76 Å². The maximum absolute atomic E-state index is 5.78. The second kappa shape index (κ2) is 7.61. The highest BCUT2D eigenvalue weighted by Crippen LogP contribution is 2.23. The van der Waals surface area contributed by atoms with E-state index in [9.17, 15) is 0 Å². The molecule has 1 N–H and O–H groups in total. The predicted octanol–water partition coefficient (Wildman–Crippen LogP) is 4.07. The Kier molecular flexibility index (Phi) is 5.82. The Labute approximate surface area is 134 Å². The molecule has 5 heteroatoms. The van der Waals surface area contributed by atoms with Gasteiger partial charge in [-0.05, 0) is 37.1 Å². The topological polar surface area (TPSA) is 47.3 Å². The fourth-order valence-corrected chi connectivity index (χ4v) is 2.21. The van der Waals surface area contributed by atoms with Gasteiger partial charge in [0.2, 0.25) is 0 Å². The summed E-state index contributed by atoms with van der Waals surface area (Å²) in [6.07, 6.45) is 0. The SMILES string of the molecule is Cc1ccc(Br)cc1OCc1cc(CNCC(C)C)no1. The van der Waals surface area contributed by atoms with Crippen LogP contribution < -0.4 is 10.1 Å². The van der Waals surface area contributed by atoms with Crippen molar-refractivity contribution in [3.05, 3.63) is 45.8 Å². The molecule has 1 heterocycles. The number of nitrogens with one attached hydrogen (secondary N) is 1. The molecule has 0 amide bonds. The summed E-state index contributed by atoms with van der Waals surface area (Å²) in [7, 11) is 0. The van der Waals surface area contributed by atoms with Gasteiger partial charge in [-0.3, -0.25) is 0 Å². The Morgan fingerprint density at radius 2 is 2.14 bits per heavy atom. The number of rotatable bonds is 7. The predicted molar refractivity (Wildman–Crippen MR) is 86.3 cm³/mol. The number of benzene rings is 1. The molecule has 114 valence electrons. The molecule has 0 aliphatic carbocycles. The van der Waals surface area contributed by atoms with Crippen LogP contribution >= 0.6 is 15.9 Å². The monoisotopic (exact) mass is 352 g/mol. The molecular weight excluding hydrogens is 332 g/mol. The lowest BCUT2D eigenvalue weighted by Gasteiger charge is -2.07. The fourth-order valence-electron chi connectivity index (χ4n) is 1.87. The molecule has 0 saturated heterocycles. The lowest BCUT2D eigenvalue weighted by atomic mass is 10.2. The number of aryl methyl sites for hydroxylation is 1. The Morgan fingerprint density at radius 3 is 2.90 bits per heavy atom. The smallest absolute Gasteiger partial charge is 0.174 e. The average Bonchev–Trinajstić information content (AvgIpc) is 2.87. The summed E-state index contributed by atoms with van der Waals surface area (Å²) < 4.78 is 12.1. The highest BCUT2D eigenvalue weighted by molar-refractivity contribution is 9.10. The molecule has 2 aromatic rings. The van der Waals surface area contributed by atoms with Crippen LogP contribution in [0.25, 0.3) is 0 Å². The Morgan fingerprint density at radius 1 is 1.33 bits per heavy atom. The number of aromatic nitrogens is 1. The first-order valence-corrected chi connectivity index (χ1v) is 7.88. The minimum absolute atomic E-state index is 0.383. The molecule has 0 radical (unpaired) electrons. The van der Waals surface area contributed by atoms with Crippen molar-refractivity contribution in [2.75, 3.05) is 6.54 Å². The lowest BCUT2D eigenvalue weighted by Crippen LogP contribution is -2.19. The van der Waals surface area contributed by atoms with Gasteiger partial charge in [-0.2, -0.15) is 0 Å². The Balaban J connectivity index is 1.86. The zero-order valence-corrected chi connectivity index (χ0v) is 14.2.